The standard InChI is InChI=1S/C23H27FN8O3/c1-23(6-7-23)29-22(34)35-17-5-4-13(19(17)24)16-11-18(31-30-16)28-21-27-15(3-2-10-33)14(12-25)20-26-8-9-32(20)21/h8-9,11,13,17,19,33H,2-7,10H2,1H3,(H,29,34)(H2,27,28,30,31)/t13-,17-,19-/m1/s1. The van der Waals surface area contributed by atoms with Crippen LogP contribution in [0.25, 0.3) is 5.65 Å². The summed E-state index contributed by atoms with van der Waals surface area (Å²) < 4.78 is 22.2. The molecule has 0 radical (unpaired) electrons. The molecule has 184 valence electrons. The smallest absolute Gasteiger partial charge is 0.407 e. The first-order valence-corrected chi connectivity index (χ1v) is 11.7. The molecule has 2 aliphatic carbocycles. The molecule has 35 heavy (non-hydrogen) atoms. The Kier molecular flexibility index (Phi) is 6.02. The molecule has 0 aliphatic heterocycles. The predicted molar refractivity (Wildman–Crippen MR) is 123 cm³/mol. The highest BCUT2D eigenvalue weighted by Gasteiger charge is 2.43. The highest BCUT2D eigenvalue weighted by molar-refractivity contribution is 5.69. The number of ether oxygens (including phenoxy) is 1. The van der Waals surface area contributed by atoms with E-state index in [1.807, 2.05) is 6.92 Å². The number of nitrogens with one attached hydrogen (secondary N) is 3. The second kappa shape index (κ2) is 9.14. The Morgan fingerprint density at radius 1 is 1.46 bits per heavy atom. The van der Waals surface area contributed by atoms with Crippen molar-refractivity contribution in [3.8, 4) is 6.07 Å². The van der Waals surface area contributed by atoms with Gasteiger partial charge in [-0.15, -0.1) is 0 Å². The number of carbonyl (C=O) groups excluding carboxylic acids is 1. The van der Waals surface area contributed by atoms with Gasteiger partial charge in [-0.2, -0.15) is 10.4 Å². The number of amides is 1. The first kappa shape index (κ1) is 23.0. The van der Waals surface area contributed by atoms with Crippen LogP contribution in [0.2, 0.25) is 0 Å². The number of alkyl carbamates (subject to hydrolysis) is 1. The monoisotopic (exact) mass is 482 g/mol. The summed E-state index contributed by atoms with van der Waals surface area (Å²) in [6.45, 7) is 1.92. The number of nitriles is 1. The van der Waals surface area contributed by atoms with E-state index in [9.17, 15) is 15.2 Å². The number of H-pyrrole nitrogens is 1. The number of carbonyl (C=O) groups is 1. The van der Waals surface area contributed by atoms with E-state index in [2.05, 4.69) is 36.9 Å². The van der Waals surface area contributed by atoms with Gasteiger partial charge in [0.15, 0.2) is 11.5 Å². The molecule has 11 nitrogen and oxygen atoms in total. The van der Waals surface area contributed by atoms with Gasteiger partial charge in [0.05, 0.1) is 5.69 Å². The van der Waals surface area contributed by atoms with Crippen LogP contribution in [0.1, 0.15) is 61.9 Å². The molecule has 4 N–H and O–H groups in total. The maximum absolute atomic E-state index is 15.2. The number of fused-ring (bicyclic) bond motifs is 1. The van der Waals surface area contributed by atoms with Crippen LogP contribution in [-0.4, -0.2) is 60.2 Å². The number of aromatic nitrogens is 5. The van der Waals surface area contributed by atoms with Crippen molar-refractivity contribution in [2.45, 2.75) is 69.2 Å². The van der Waals surface area contributed by atoms with Crippen molar-refractivity contribution in [3.05, 3.63) is 35.4 Å². The fourth-order valence-corrected chi connectivity index (χ4v) is 4.46. The second-order valence-corrected chi connectivity index (χ2v) is 9.41. The van der Waals surface area contributed by atoms with E-state index in [-0.39, 0.29) is 12.1 Å². The largest absolute Gasteiger partial charge is 0.443 e. The molecule has 0 saturated heterocycles. The number of anilines is 2. The zero-order valence-electron chi connectivity index (χ0n) is 19.3. The molecule has 2 fully saturated rings. The van der Waals surface area contributed by atoms with E-state index in [0.717, 1.165) is 12.8 Å². The van der Waals surface area contributed by atoms with Gasteiger partial charge in [0.25, 0.3) is 0 Å². The summed E-state index contributed by atoms with van der Waals surface area (Å²) in [7, 11) is 0. The van der Waals surface area contributed by atoms with E-state index < -0.39 is 24.3 Å². The van der Waals surface area contributed by atoms with Crippen molar-refractivity contribution in [2.24, 2.45) is 0 Å². The molecule has 3 atom stereocenters. The first-order chi connectivity index (χ1) is 16.9. The normalized spacial score (nSPS) is 22.6. The highest BCUT2D eigenvalue weighted by Crippen LogP contribution is 2.39. The summed E-state index contributed by atoms with van der Waals surface area (Å²) in [6, 6.07) is 3.85. The maximum atomic E-state index is 15.2. The molecule has 3 aromatic heterocycles. The Labute approximate surface area is 200 Å². The second-order valence-electron chi connectivity index (χ2n) is 9.41. The van der Waals surface area contributed by atoms with Gasteiger partial charge < -0.3 is 20.5 Å². The van der Waals surface area contributed by atoms with Gasteiger partial charge in [0.2, 0.25) is 5.95 Å². The third-order valence-corrected chi connectivity index (χ3v) is 6.71. The number of nitrogens with zero attached hydrogens (tertiary/aromatic N) is 5. The average molecular weight is 483 g/mol. The molecule has 2 aliphatic rings. The molecule has 3 aromatic rings. The number of alkyl halides is 1. The quantitative estimate of drug-likeness (QED) is 0.382. The van der Waals surface area contributed by atoms with Gasteiger partial charge in [0, 0.05) is 42.2 Å². The number of aryl methyl sites for hydroxylation is 1. The number of imidazole rings is 1. The summed E-state index contributed by atoms with van der Waals surface area (Å²) >= 11 is 0. The van der Waals surface area contributed by atoms with Crippen molar-refractivity contribution in [2.75, 3.05) is 11.9 Å². The number of aromatic amines is 1. The molecule has 0 unspecified atom stereocenters. The molecule has 0 bridgehead atoms. The van der Waals surface area contributed by atoms with Crippen LogP contribution in [0.4, 0.5) is 21.0 Å². The van der Waals surface area contributed by atoms with Crippen LogP contribution < -0.4 is 10.6 Å². The molecule has 5 rings (SSSR count). The minimum atomic E-state index is -1.35. The van der Waals surface area contributed by atoms with E-state index in [1.54, 1.807) is 22.9 Å². The Balaban J connectivity index is 1.30. The lowest BCUT2D eigenvalue weighted by Crippen LogP contribution is -2.38. The van der Waals surface area contributed by atoms with Gasteiger partial charge in [-0.3, -0.25) is 9.50 Å². The van der Waals surface area contributed by atoms with E-state index in [0.29, 0.717) is 60.0 Å². The van der Waals surface area contributed by atoms with E-state index >= 15 is 4.39 Å². The number of aliphatic hydroxyl groups is 1. The van der Waals surface area contributed by atoms with Crippen molar-refractivity contribution in [1.29, 1.82) is 5.26 Å². The van der Waals surface area contributed by atoms with Gasteiger partial charge in [-0.1, -0.05) is 0 Å². The van der Waals surface area contributed by atoms with Gasteiger partial charge in [-0.25, -0.2) is 19.2 Å². The Morgan fingerprint density at radius 2 is 2.29 bits per heavy atom. The molecular formula is C23H27FN8O3. The minimum absolute atomic E-state index is 0.0187. The zero-order valence-corrected chi connectivity index (χ0v) is 19.3. The first-order valence-electron chi connectivity index (χ1n) is 11.7. The van der Waals surface area contributed by atoms with Crippen LogP contribution in [-0.2, 0) is 11.2 Å². The molecule has 12 heteroatoms. The zero-order chi connectivity index (χ0) is 24.6. The Bertz CT molecular complexity index is 1280. The number of rotatable bonds is 8. The van der Waals surface area contributed by atoms with Crippen LogP contribution in [0.15, 0.2) is 18.5 Å². The summed E-state index contributed by atoms with van der Waals surface area (Å²) in [4.78, 5) is 20.9. The number of hydrogen-bond donors (Lipinski definition) is 4. The van der Waals surface area contributed by atoms with Crippen molar-refractivity contribution >= 4 is 23.5 Å². The number of hydrogen-bond acceptors (Lipinski definition) is 8. The molecule has 1 amide bonds. The molecule has 0 spiro atoms. The third kappa shape index (κ3) is 4.64. The molecule has 2 saturated carbocycles. The maximum Gasteiger partial charge on any atom is 0.407 e. The average Bonchev–Trinajstić information content (AvgIpc) is 3.23. The van der Waals surface area contributed by atoms with Crippen LogP contribution in [0.3, 0.4) is 0 Å². The van der Waals surface area contributed by atoms with Crippen LogP contribution in [0.5, 0.6) is 0 Å². The van der Waals surface area contributed by atoms with E-state index in [4.69, 9.17) is 4.74 Å². The van der Waals surface area contributed by atoms with Crippen molar-refractivity contribution in [1.82, 2.24) is 29.9 Å². The fraction of sp³-hybridized carbons (Fsp3) is 0.522. The minimum Gasteiger partial charge on any atom is -0.443 e. The third-order valence-electron chi connectivity index (χ3n) is 6.71. The lowest BCUT2D eigenvalue weighted by molar-refractivity contribution is 0.0546. The molecule has 0 aromatic carbocycles. The van der Waals surface area contributed by atoms with E-state index in [1.165, 1.54) is 0 Å². The summed E-state index contributed by atoms with van der Waals surface area (Å²) in [6.07, 6.45) is 4.16. The van der Waals surface area contributed by atoms with Crippen LogP contribution >= 0.6 is 0 Å². The molecular weight excluding hydrogens is 455 g/mol. The fourth-order valence-electron chi connectivity index (χ4n) is 4.46. The topological polar surface area (TPSA) is 153 Å². The number of halogens is 1. The van der Waals surface area contributed by atoms with Crippen molar-refractivity contribution < 1.29 is 19.0 Å². The van der Waals surface area contributed by atoms with Gasteiger partial charge >= 0.3 is 6.09 Å². The summed E-state index contributed by atoms with van der Waals surface area (Å²) in [5.74, 6) is 0.350. The summed E-state index contributed by atoms with van der Waals surface area (Å²) in [5, 5.41) is 31.8. The van der Waals surface area contributed by atoms with Gasteiger partial charge in [-0.05, 0) is 45.4 Å². The lowest BCUT2D eigenvalue weighted by atomic mass is 10.0. The number of aliphatic hydroxyl groups excluding tert-OH is 1. The summed E-state index contributed by atoms with van der Waals surface area (Å²) in [5.41, 5.74) is 1.71. The van der Waals surface area contributed by atoms with Crippen LogP contribution in [0, 0.1) is 11.3 Å². The Morgan fingerprint density at radius 3 is 3.03 bits per heavy atom. The molecule has 3 heterocycles. The lowest BCUT2D eigenvalue weighted by Gasteiger charge is -2.19. The van der Waals surface area contributed by atoms with Gasteiger partial charge in [0.1, 0.15) is 23.9 Å². The SMILES string of the molecule is CC1(NC(=O)O[C@@H]2CC[C@H](c3cc(Nc4nc(CCCO)c(C#N)c5nccn45)n[nH]3)[C@H]2F)CC1. The highest BCUT2D eigenvalue weighted by atomic mass is 19.1. The van der Waals surface area contributed by atoms with Crippen molar-refractivity contribution in [3.63, 3.8) is 0 Å². The predicted octanol–water partition coefficient (Wildman–Crippen LogP) is 2.86. The Hall–Kier alpha value is -3.72.